The number of allylic oxidation sites excluding steroid dienone is 2. The minimum absolute atomic E-state index is 0.296. The molecule has 2 heteroatoms. The highest BCUT2D eigenvalue weighted by Crippen LogP contribution is 2.55. The third-order valence-electron chi connectivity index (χ3n) is 3.70. The summed E-state index contributed by atoms with van der Waals surface area (Å²) < 4.78 is 0. The van der Waals surface area contributed by atoms with Crippen LogP contribution in [-0.4, -0.2) is 0 Å². The molecule has 0 aromatic carbocycles. The van der Waals surface area contributed by atoms with Crippen molar-refractivity contribution in [1.82, 2.24) is 0 Å². The van der Waals surface area contributed by atoms with Gasteiger partial charge in [0, 0.05) is 12.0 Å². The van der Waals surface area contributed by atoms with Crippen LogP contribution in [0.4, 0.5) is 0 Å². The fourth-order valence-corrected chi connectivity index (χ4v) is 2.82. The molecule has 0 atom stereocenters. The molecule has 0 radical (unpaired) electrons. The fourth-order valence-electron chi connectivity index (χ4n) is 2.82. The molecule has 2 aliphatic carbocycles. The average molecular weight is 186 g/mol. The Morgan fingerprint density at radius 3 is 2.36 bits per heavy atom. The maximum Gasteiger partial charge on any atom is 0.0911 e. The first-order valence-corrected chi connectivity index (χ1v) is 5.25. The highest BCUT2D eigenvalue weighted by atomic mass is 14.5. The van der Waals surface area contributed by atoms with Crippen molar-refractivity contribution in [2.24, 2.45) is 11.3 Å². The topological polar surface area (TPSA) is 47.6 Å². The van der Waals surface area contributed by atoms with Gasteiger partial charge < -0.3 is 0 Å². The second kappa shape index (κ2) is 3.46. The van der Waals surface area contributed by atoms with E-state index in [-0.39, 0.29) is 0 Å². The Kier molecular flexibility index (Phi) is 2.30. The molecule has 0 heterocycles. The van der Waals surface area contributed by atoms with E-state index in [1.54, 1.807) is 6.08 Å². The minimum Gasteiger partial charge on any atom is -0.198 e. The molecule has 0 aromatic heterocycles. The average Bonchev–Trinajstić information content (AvgIpc) is 2.17. The summed E-state index contributed by atoms with van der Waals surface area (Å²) >= 11 is 0. The van der Waals surface area contributed by atoms with Crippen molar-refractivity contribution in [3.8, 4) is 12.1 Å². The molecule has 2 nitrogen and oxygen atoms in total. The molecule has 2 saturated carbocycles. The Bertz CT molecular complexity index is 322. The van der Waals surface area contributed by atoms with E-state index < -0.39 is 0 Å². The molecule has 2 aliphatic rings. The first-order chi connectivity index (χ1) is 6.78. The third kappa shape index (κ3) is 1.53. The quantitative estimate of drug-likeness (QED) is 0.546. The van der Waals surface area contributed by atoms with Gasteiger partial charge in [0.05, 0.1) is 12.1 Å². The molecular weight excluding hydrogens is 172 g/mol. The van der Waals surface area contributed by atoms with Gasteiger partial charge in [0.25, 0.3) is 0 Å². The van der Waals surface area contributed by atoms with Crippen LogP contribution in [0.3, 0.4) is 0 Å². The SMILES string of the molecule is N#CC=C1CC2(CCC(C#N)CC2)C1. The van der Waals surface area contributed by atoms with Crippen molar-refractivity contribution in [2.45, 2.75) is 38.5 Å². The van der Waals surface area contributed by atoms with Gasteiger partial charge >= 0.3 is 0 Å². The van der Waals surface area contributed by atoms with Gasteiger partial charge in [-0.05, 0) is 43.9 Å². The molecule has 0 aromatic rings. The van der Waals surface area contributed by atoms with Crippen molar-refractivity contribution in [2.75, 3.05) is 0 Å². The summed E-state index contributed by atoms with van der Waals surface area (Å²) in [6.45, 7) is 0. The highest BCUT2D eigenvalue weighted by molar-refractivity contribution is 5.25. The van der Waals surface area contributed by atoms with E-state index in [1.807, 2.05) is 0 Å². The summed E-state index contributed by atoms with van der Waals surface area (Å²) in [5.41, 5.74) is 1.79. The lowest BCUT2D eigenvalue weighted by Gasteiger charge is -2.47. The maximum absolute atomic E-state index is 8.78. The van der Waals surface area contributed by atoms with Crippen LogP contribution >= 0.6 is 0 Å². The molecule has 2 fully saturated rings. The molecule has 0 N–H and O–H groups in total. The van der Waals surface area contributed by atoms with Crippen LogP contribution in [-0.2, 0) is 0 Å². The van der Waals surface area contributed by atoms with Gasteiger partial charge in [0.15, 0.2) is 0 Å². The normalized spacial score (nSPS) is 35.6. The van der Waals surface area contributed by atoms with Crippen LogP contribution < -0.4 is 0 Å². The van der Waals surface area contributed by atoms with Crippen LogP contribution in [0.2, 0.25) is 0 Å². The summed E-state index contributed by atoms with van der Waals surface area (Å²) in [6, 6.07) is 4.46. The fraction of sp³-hybridized carbons (Fsp3) is 0.667. The second-order valence-electron chi connectivity index (χ2n) is 4.69. The Morgan fingerprint density at radius 1 is 1.21 bits per heavy atom. The predicted molar refractivity (Wildman–Crippen MR) is 52.9 cm³/mol. The summed E-state index contributed by atoms with van der Waals surface area (Å²) in [5.74, 6) is 0.296. The molecule has 0 aliphatic heterocycles. The summed E-state index contributed by atoms with van der Waals surface area (Å²) in [7, 11) is 0. The number of nitriles is 2. The summed E-state index contributed by atoms with van der Waals surface area (Å²) in [4.78, 5) is 0. The lowest BCUT2D eigenvalue weighted by Crippen LogP contribution is -2.35. The number of nitrogens with zero attached hydrogens (tertiary/aromatic N) is 2. The monoisotopic (exact) mass is 186 g/mol. The molecule has 1 spiro atoms. The summed E-state index contributed by atoms with van der Waals surface area (Å²) in [6.07, 6.45) is 8.42. The lowest BCUT2D eigenvalue weighted by atomic mass is 9.57. The molecule has 2 rings (SSSR count). The van der Waals surface area contributed by atoms with Crippen molar-refractivity contribution >= 4 is 0 Å². The van der Waals surface area contributed by atoms with Crippen molar-refractivity contribution in [3.05, 3.63) is 11.6 Å². The third-order valence-corrected chi connectivity index (χ3v) is 3.70. The Hall–Kier alpha value is -1.28. The van der Waals surface area contributed by atoms with Gasteiger partial charge in [-0.25, -0.2) is 0 Å². The predicted octanol–water partition coefficient (Wildman–Crippen LogP) is 2.93. The molecular formula is C12H14N2. The first kappa shape index (κ1) is 9.28. The molecule has 14 heavy (non-hydrogen) atoms. The van der Waals surface area contributed by atoms with E-state index in [9.17, 15) is 0 Å². The number of hydrogen-bond acceptors (Lipinski definition) is 2. The van der Waals surface area contributed by atoms with Crippen LogP contribution in [0.5, 0.6) is 0 Å². The zero-order valence-corrected chi connectivity index (χ0v) is 8.29. The van der Waals surface area contributed by atoms with E-state index in [4.69, 9.17) is 10.5 Å². The van der Waals surface area contributed by atoms with Crippen molar-refractivity contribution in [3.63, 3.8) is 0 Å². The Balaban J connectivity index is 1.90. The Labute approximate surface area is 84.8 Å². The molecule has 0 amide bonds. The van der Waals surface area contributed by atoms with Crippen LogP contribution in [0.15, 0.2) is 11.6 Å². The van der Waals surface area contributed by atoms with Gasteiger partial charge in [-0.1, -0.05) is 5.57 Å². The highest BCUT2D eigenvalue weighted by Gasteiger charge is 2.42. The van der Waals surface area contributed by atoms with Gasteiger partial charge in [-0.2, -0.15) is 10.5 Å². The zero-order valence-electron chi connectivity index (χ0n) is 8.29. The summed E-state index contributed by atoms with van der Waals surface area (Å²) in [5, 5.41) is 17.3. The Morgan fingerprint density at radius 2 is 1.86 bits per heavy atom. The van der Waals surface area contributed by atoms with Gasteiger partial charge in [0.1, 0.15) is 0 Å². The number of hydrogen-bond donors (Lipinski definition) is 0. The van der Waals surface area contributed by atoms with Gasteiger partial charge in [-0.3, -0.25) is 0 Å². The van der Waals surface area contributed by atoms with Crippen molar-refractivity contribution in [1.29, 1.82) is 10.5 Å². The van der Waals surface area contributed by atoms with E-state index >= 15 is 0 Å². The van der Waals surface area contributed by atoms with E-state index in [1.165, 1.54) is 18.4 Å². The van der Waals surface area contributed by atoms with E-state index in [2.05, 4.69) is 12.1 Å². The van der Waals surface area contributed by atoms with E-state index in [0.29, 0.717) is 11.3 Å². The zero-order chi connectivity index (χ0) is 10.0. The molecule has 72 valence electrons. The second-order valence-corrected chi connectivity index (χ2v) is 4.69. The minimum atomic E-state index is 0.296. The molecule has 0 unspecified atom stereocenters. The lowest BCUT2D eigenvalue weighted by molar-refractivity contribution is 0.115. The largest absolute Gasteiger partial charge is 0.198 e. The van der Waals surface area contributed by atoms with Crippen LogP contribution in [0.25, 0.3) is 0 Å². The van der Waals surface area contributed by atoms with Crippen LogP contribution in [0.1, 0.15) is 38.5 Å². The van der Waals surface area contributed by atoms with Gasteiger partial charge in [-0.15, -0.1) is 0 Å². The maximum atomic E-state index is 8.78. The van der Waals surface area contributed by atoms with Crippen molar-refractivity contribution < 1.29 is 0 Å². The smallest absolute Gasteiger partial charge is 0.0911 e. The first-order valence-electron chi connectivity index (χ1n) is 5.25. The molecule has 0 bridgehead atoms. The molecule has 0 saturated heterocycles. The van der Waals surface area contributed by atoms with E-state index in [0.717, 1.165) is 25.7 Å². The number of rotatable bonds is 0. The van der Waals surface area contributed by atoms with Crippen LogP contribution in [0, 0.1) is 34.0 Å². The van der Waals surface area contributed by atoms with Gasteiger partial charge in [0.2, 0.25) is 0 Å². The standard InChI is InChI=1S/C12H14N2/c13-6-3-11-7-12(8-11)4-1-10(9-14)2-5-12/h3,10H,1-2,4-5,7-8H2.